The van der Waals surface area contributed by atoms with Crippen LogP contribution in [0.1, 0.15) is 102 Å². The van der Waals surface area contributed by atoms with Gasteiger partial charge in [0.05, 0.1) is 12.5 Å². The Hall–Kier alpha value is -2.40. The second kappa shape index (κ2) is 18.8. The van der Waals surface area contributed by atoms with Gasteiger partial charge in [-0.3, -0.25) is 4.79 Å². The van der Waals surface area contributed by atoms with Gasteiger partial charge in [-0.25, -0.2) is 0 Å². The van der Waals surface area contributed by atoms with Gasteiger partial charge in [0.15, 0.2) is 0 Å². The Bertz CT molecular complexity index is 975. The first-order chi connectivity index (χ1) is 19.2. The van der Waals surface area contributed by atoms with Crippen molar-refractivity contribution in [1.29, 1.82) is 0 Å². The lowest BCUT2D eigenvalue weighted by Gasteiger charge is -2.23. The molecule has 4 nitrogen and oxygen atoms in total. The fourth-order valence-corrected chi connectivity index (χ4v) is 5.77. The fraction of sp³-hybridized carbons (Fsp3) is 0.559. The van der Waals surface area contributed by atoms with Gasteiger partial charge in [0.25, 0.3) is 0 Å². The third-order valence-corrected chi connectivity index (χ3v) is 8.21. The Labute approximate surface area is 242 Å². The number of anilines is 1. The van der Waals surface area contributed by atoms with Gasteiger partial charge in [0.1, 0.15) is 5.75 Å². The maximum atomic E-state index is 12.5. The zero-order valence-electron chi connectivity index (χ0n) is 24.4. The number of rotatable bonds is 20. The minimum Gasteiger partial charge on any atom is -0.494 e. The van der Waals surface area contributed by atoms with E-state index in [-0.39, 0.29) is 5.91 Å². The number of hydrogen-bond donors (Lipinski definition) is 0. The molecule has 1 aliphatic heterocycles. The van der Waals surface area contributed by atoms with Crippen molar-refractivity contribution in [3.63, 3.8) is 0 Å². The van der Waals surface area contributed by atoms with Crippen molar-refractivity contribution in [2.24, 2.45) is 0 Å². The number of carbonyl (C=O) groups is 1. The minimum atomic E-state index is 0.0751. The van der Waals surface area contributed by atoms with Crippen LogP contribution in [0.5, 0.6) is 5.75 Å². The van der Waals surface area contributed by atoms with E-state index in [1.54, 1.807) is 6.92 Å². The molecule has 0 atom stereocenters. The first-order valence-electron chi connectivity index (χ1n) is 15.3. The quantitative estimate of drug-likeness (QED) is 0.154. The molecule has 0 unspecified atom stereocenters. The normalized spacial score (nSPS) is 12.7. The molecule has 0 fully saturated rings. The van der Waals surface area contributed by atoms with Crippen LogP contribution in [-0.2, 0) is 17.8 Å². The SMILES string of the molecule is CCCCCCCCCCCCCCOc1ccc(CCN(C(C)=O)c2cccc(CN3C=CSC3)c2)cc1. The van der Waals surface area contributed by atoms with E-state index in [0.717, 1.165) is 43.3 Å². The average molecular weight is 551 g/mol. The molecule has 1 heterocycles. The van der Waals surface area contributed by atoms with Gasteiger partial charge in [-0.2, -0.15) is 0 Å². The van der Waals surface area contributed by atoms with Crippen LogP contribution in [0, 0.1) is 0 Å². The highest BCUT2D eigenvalue weighted by molar-refractivity contribution is 8.02. The molecule has 39 heavy (non-hydrogen) atoms. The van der Waals surface area contributed by atoms with Gasteiger partial charge in [-0.05, 0) is 53.6 Å². The first-order valence-corrected chi connectivity index (χ1v) is 16.3. The van der Waals surface area contributed by atoms with Crippen LogP contribution in [0.3, 0.4) is 0 Å². The summed E-state index contributed by atoms with van der Waals surface area (Å²) < 4.78 is 5.98. The summed E-state index contributed by atoms with van der Waals surface area (Å²) in [5.41, 5.74) is 3.41. The molecule has 5 heteroatoms. The van der Waals surface area contributed by atoms with Crippen LogP contribution in [0.4, 0.5) is 5.69 Å². The smallest absolute Gasteiger partial charge is 0.223 e. The standard InChI is InChI=1S/C34H50N2O2S/c1-3-4-5-6-7-8-9-10-11-12-13-14-25-38-34-20-18-31(19-21-34)22-23-36(30(2)37)33-17-15-16-32(27-33)28-35-24-26-39-29-35/h15-21,24,26-27H,3-14,22-23,25,28-29H2,1-2H3. The largest absolute Gasteiger partial charge is 0.494 e. The third-order valence-electron chi connectivity index (χ3n) is 7.41. The zero-order chi connectivity index (χ0) is 27.5. The summed E-state index contributed by atoms with van der Waals surface area (Å²) in [6.07, 6.45) is 19.2. The maximum Gasteiger partial charge on any atom is 0.223 e. The van der Waals surface area contributed by atoms with Gasteiger partial charge in [0.2, 0.25) is 5.91 Å². The molecule has 0 radical (unpaired) electrons. The van der Waals surface area contributed by atoms with Gasteiger partial charge >= 0.3 is 0 Å². The number of ether oxygens (including phenoxy) is 1. The molecule has 0 saturated carbocycles. The zero-order valence-corrected chi connectivity index (χ0v) is 25.2. The number of unbranched alkanes of at least 4 members (excludes halogenated alkanes) is 11. The van der Waals surface area contributed by atoms with E-state index in [4.69, 9.17) is 4.74 Å². The summed E-state index contributed by atoms with van der Waals surface area (Å²) in [7, 11) is 0. The molecule has 2 aromatic carbocycles. The predicted octanol–water partition coefficient (Wildman–Crippen LogP) is 9.34. The number of benzene rings is 2. The molecule has 0 N–H and O–H groups in total. The van der Waals surface area contributed by atoms with Gasteiger partial charge < -0.3 is 14.5 Å². The van der Waals surface area contributed by atoms with Crippen LogP contribution in [0.2, 0.25) is 0 Å². The van der Waals surface area contributed by atoms with E-state index < -0.39 is 0 Å². The molecule has 0 saturated heterocycles. The molecular weight excluding hydrogens is 500 g/mol. The summed E-state index contributed by atoms with van der Waals surface area (Å²) in [6.45, 7) is 6.25. The van der Waals surface area contributed by atoms with Crippen molar-refractivity contribution in [3.05, 3.63) is 71.3 Å². The monoisotopic (exact) mass is 550 g/mol. The summed E-state index contributed by atoms with van der Waals surface area (Å²) in [6, 6.07) is 16.8. The van der Waals surface area contributed by atoms with Crippen molar-refractivity contribution in [2.45, 2.75) is 104 Å². The summed E-state index contributed by atoms with van der Waals surface area (Å²) in [4.78, 5) is 16.6. The van der Waals surface area contributed by atoms with Gasteiger partial charge in [-0.1, -0.05) is 102 Å². The highest BCUT2D eigenvalue weighted by Crippen LogP contribution is 2.22. The fourth-order valence-electron chi connectivity index (χ4n) is 5.06. The lowest BCUT2D eigenvalue weighted by molar-refractivity contribution is -0.116. The van der Waals surface area contributed by atoms with Crippen LogP contribution in [-0.4, -0.2) is 29.8 Å². The number of hydrogen-bond acceptors (Lipinski definition) is 4. The molecule has 0 aliphatic carbocycles. The molecule has 3 rings (SSSR count). The van der Waals surface area contributed by atoms with Gasteiger partial charge in [-0.15, -0.1) is 11.8 Å². The second-order valence-corrected chi connectivity index (χ2v) is 11.7. The summed E-state index contributed by atoms with van der Waals surface area (Å²) >= 11 is 1.81. The molecule has 0 spiro atoms. The number of amides is 1. The molecule has 0 bridgehead atoms. The molecule has 1 amide bonds. The second-order valence-electron chi connectivity index (χ2n) is 10.8. The van der Waals surface area contributed by atoms with Crippen LogP contribution in [0.25, 0.3) is 0 Å². The molecule has 214 valence electrons. The average Bonchev–Trinajstić information content (AvgIpc) is 3.45. The Morgan fingerprint density at radius 1 is 0.872 bits per heavy atom. The predicted molar refractivity (Wildman–Crippen MR) is 168 cm³/mol. The lowest BCUT2D eigenvalue weighted by atomic mass is 10.1. The molecule has 0 aromatic heterocycles. The Kier molecular flexibility index (Phi) is 15.0. The van der Waals surface area contributed by atoms with Crippen molar-refractivity contribution in [2.75, 3.05) is 23.9 Å². The van der Waals surface area contributed by atoms with Crippen molar-refractivity contribution in [3.8, 4) is 5.75 Å². The maximum absolute atomic E-state index is 12.5. The van der Waals surface area contributed by atoms with E-state index >= 15 is 0 Å². The Morgan fingerprint density at radius 3 is 2.15 bits per heavy atom. The van der Waals surface area contributed by atoms with Gasteiger partial charge in [0, 0.05) is 31.9 Å². The van der Waals surface area contributed by atoms with E-state index in [1.807, 2.05) is 22.7 Å². The van der Waals surface area contributed by atoms with Crippen molar-refractivity contribution >= 4 is 23.4 Å². The summed E-state index contributed by atoms with van der Waals surface area (Å²) in [5.74, 6) is 2.00. The van der Waals surface area contributed by atoms with E-state index in [9.17, 15) is 4.79 Å². The van der Waals surface area contributed by atoms with Crippen LogP contribution >= 0.6 is 11.8 Å². The lowest BCUT2D eigenvalue weighted by Crippen LogP contribution is -2.30. The van der Waals surface area contributed by atoms with Crippen molar-refractivity contribution < 1.29 is 9.53 Å². The highest BCUT2D eigenvalue weighted by Gasteiger charge is 2.13. The van der Waals surface area contributed by atoms with E-state index in [0.29, 0.717) is 6.54 Å². The topological polar surface area (TPSA) is 32.8 Å². The molecular formula is C34H50N2O2S. The molecule has 1 aliphatic rings. The minimum absolute atomic E-state index is 0.0751. The Morgan fingerprint density at radius 2 is 1.54 bits per heavy atom. The van der Waals surface area contributed by atoms with Crippen LogP contribution < -0.4 is 9.64 Å². The number of nitrogens with zero attached hydrogens (tertiary/aromatic N) is 2. The summed E-state index contributed by atoms with van der Waals surface area (Å²) in [5, 5.41) is 2.13. The highest BCUT2D eigenvalue weighted by atomic mass is 32.2. The Balaban J connectivity index is 1.30. The van der Waals surface area contributed by atoms with Crippen LogP contribution in [0.15, 0.2) is 60.1 Å². The molecule has 2 aromatic rings. The first kappa shape index (κ1) is 31.1. The van der Waals surface area contributed by atoms with E-state index in [2.05, 4.69) is 65.9 Å². The van der Waals surface area contributed by atoms with E-state index in [1.165, 1.54) is 81.8 Å². The third kappa shape index (κ3) is 12.5. The van der Waals surface area contributed by atoms with Crippen molar-refractivity contribution in [1.82, 2.24) is 4.90 Å². The number of thioether (sulfide) groups is 1. The number of carbonyl (C=O) groups excluding carboxylic acids is 1.